The number of nitrogens with zero attached hydrogens (tertiary/aromatic N) is 1. The van der Waals surface area contributed by atoms with E-state index in [0.29, 0.717) is 6.54 Å². The fourth-order valence-corrected chi connectivity index (χ4v) is 2.29. The van der Waals surface area contributed by atoms with Crippen LogP contribution >= 0.6 is 0 Å². The van der Waals surface area contributed by atoms with Crippen LogP contribution in [0.3, 0.4) is 0 Å². The molecule has 1 heterocycles. The van der Waals surface area contributed by atoms with Gasteiger partial charge in [0.25, 0.3) is 0 Å². The van der Waals surface area contributed by atoms with E-state index in [0.717, 1.165) is 6.42 Å². The van der Waals surface area contributed by atoms with Crippen LogP contribution in [0.15, 0.2) is 24.3 Å². The van der Waals surface area contributed by atoms with E-state index in [4.69, 9.17) is 5.73 Å². The molecule has 0 unspecified atom stereocenters. The molecule has 1 aromatic rings. The first kappa shape index (κ1) is 10.7. The van der Waals surface area contributed by atoms with Gasteiger partial charge in [-0.3, -0.25) is 0 Å². The Kier molecular flexibility index (Phi) is 3.75. The predicted octanol–water partition coefficient (Wildman–Crippen LogP) is 1.78. The molecule has 0 bridgehead atoms. The van der Waals surface area contributed by atoms with Crippen molar-refractivity contribution in [3.63, 3.8) is 0 Å². The third-order valence-corrected chi connectivity index (χ3v) is 3.23. The molecule has 0 amide bonds. The molecule has 2 nitrogen and oxygen atoms in total. The molecule has 82 valence electrons. The fraction of sp³-hybridized carbons (Fsp3) is 0.538. The van der Waals surface area contributed by atoms with E-state index in [1.165, 1.54) is 43.6 Å². The number of hydrogen-bond acceptors (Lipinski definition) is 2. The van der Waals surface area contributed by atoms with Crippen molar-refractivity contribution in [2.75, 3.05) is 19.6 Å². The van der Waals surface area contributed by atoms with Gasteiger partial charge in [-0.15, -0.1) is 0 Å². The summed E-state index contributed by atoms with van der Waals surface area (Å²) < 4.78 is 0. The minimum atomic E-state index is 0.663. The lowest BCUT2D eigenvalue weighted by Gasteiger charge is -2.15. The van der Waals surface area contributed by atoms with Gasteiger partial charge in [0.05, 0.1) is 0 Å². The van der Waals surface area contributed by atoms with Crippen LogP contribution in [0.2, 0.25) is 0 Å². The standard InChI is InChI=1S/C13H20N2/c14-11-13-6-2-1-5-12(13)7-10-15-8-3-4-9-15/h1-2,5-6H,3-4,7-11,14H2. The van der Waals surface area contributed by atoms with E-state index >= 15 is 0 Å². The Labute approximate surface area is 92.1 Å². The molecule has 0 aromatic heterocycles. The summed E-state index contributed by atoms with van der Waals surface area (Å²) in [6.07, 6.45) is 3.89. The Hall–Kier alpha value is -0.860. The van der Waals surface area contributed by atoms with E-state index in [1.807, 2.05) is 0 Å². The summed E-state index contributed by atoms with van der Waals surface area (Å²) in [7, 11) is 0. The van der Waals surface area contributed by atoms with Gasteiger partial charge in [0, 0.05) is 13.1 Å². The third kappa shape index (κ3) is 2.80. The molecule has 15 heavy (non-hydrogen) atoms. The first-order valence-electron chi connectivity index (χ1n) is 5.89. The minimum absolute atomic E-state index is 0.663. The van der Waals surface area contributed by atoms with Gasteiger partial charge >= 0.3 is 0 Å². The smallest absolute Gasteiger partial charge is 0.0180 e. The van der Waals surface area contributed by atoms with E-state index in [1.54, 1.807) is 0 Å². The van der Waals surface area contributed by atoms with E-state index < -0.39 is 0 Å². The monoisotopic (exact) mass is 204 g/mol. The van der Waals surface area contributed by atoms with E-state index in [9.17, 15) is 0 Å². The second kappa shape index (κ2) is 5.29. The maximum atomic E-state index is 5.72. The molecule has 2 rings (SSSR count). The molecule has 1 aromatic carbocycles. The number of rotatable bonds is 4. The van der Waals surface area contributed by atoms with Gasteiger partial charge in [-0.2, -0.15) is 0 Å². The molecule has 1 aliphatic heterocycles. The molecule has 1 fully saturated rings. The zero-order chi connectivity index (χ0) is 10.5. The van der Waals surface area contributed by atoms with Crippen molar-refractivity contribution in [1.82, 2.24) is 4.90 Å². The van der Waals surface area contributed by atoms with Crippen LogP contribution in [0.5, 0.6) is 0 Å². The molecular formula is C13H20N2. The highest BCUT2D eigenvalue weighted by atomic mass is 15.1. The average molecular weight is 204 g/mol. The SMILES string of the molecule is NCc1ccccc1CCN1CCCC1. The van der Waals surface area contributed by atoms with Crippen LogP contribution in [-0.4, -0.2) is 24.5 Å². The van der Waals surface area contributed by atoms with Crippen LogP contribution in [0.1, 0.15) is 24.0 Å². The molecule has 0 radical (unpaired) electrons. The molecule has 1 aliphatic rings. The lowest BCUT2D eigenvalue weighted by atomic mass is 10.0. The Bertz CT molecular complexity index is 303. The van der Waals surface area contributed by atoms with Gasteiger partial charge in [-0.05, 0) is 43.5 Å². The number of likely N-dealkylation sites (tertiary alicyclic amines) is 1. The van der Waals surface area contributed by atoms with Gasteiger partial charge in [0.2, 0.25) is 0 Å². The second-order valence-electron chi connectivity index (χ2n) is 4.27. The summed E-state index contributed by atoms with van der Waals surface area (Å²) in [5.74, 6) is 0. The Morgan fingerprint density at radius 2 is 1.73 bits per heavy atom. The summed E-state index contributed by atoms with van der Waals surface area (Å²) in [4.78, 5) is 2.55. The molecule has 2 N–H and O–H groups in total. The van der Waals surface area contributed by atoms with Crippen molar-refractivity contribution in [1.29, 1.82) is 0 Å². The molecule has 0 atom stereocenters. The summed E-state index contributed by atoms with van der Waals surface area (Å²) in [5, 5.41) is 0. The predicted molar refractivity (Wildman–Crippen MR) is 63.7 cm³/mol. The van der Waals surface area contributed by atoms with Crippen molar-refractivity contribution in [2.24, 2.45) is 5.73 Å². The van der Waals surface area contributed by atoms with Gasteiger partial charge in [-0.25, -0.2) is 0 Å². The van der Waals surface area contributed by atoms with Crippen LogP contribution in [0.25, 0.3) is 0 Å². The van der Waals surface area contributed by atoms with Gasteiger partial charge in [0.1, 0.15) is 0 Å². The zero-order valence-electron chi connectivity index (χ0n) is 9.28. The first-order valence-corrected chi connectivity index (χ1v) is 5.89. The number of hydrogen-bond donors (Lipinski definition) is 1. The zero-order valence-corrected chi connectivity index (χ0v) is 9.28. The highest BCUT2D eigenvalue weighted by Crippen LogP contribution is 2.12. The third-order valence-electron chi connectivity index (χ3n) is 3.23. The van der Waals surface area contributed by atoms with E-state index in [2.05, 4.69) is 29.2 Å². The highest BCUT2D eigenvalue weighted by Gasteiger charge is 2.11. The molecule has 0 aliphatic carbocycles. The first-order chi connectivity index (χ1) is 7.40. The second-order valence-corrected chi connectivity index (χ2v) is 4.27. The lowest BCUT2D eigenvalue weighted by molar-refractivity contribution is 0.343. The van der Waals surface area contributed by atoms with Crippen molar-refractivity contribution >= 4 is 0 Å². The highest BCUT2D eigenvalue weighted by molar-refractivity contribution is 5.27. The van der Waals surface area contributed by atoms with Gasteiger partial charge in [-0.1, -0.05) is 24.3 Å². The maximum Gasteiger partial charge on any atom is 0.0180 e. The minimum Gasteiger partial charge on any atom is -0.326 e. The Morgan fingerprint density at radius 1 is 1.07 bits per heavy atom. The normalized spacial score (nSPS) is 17.1. The van der Waals surface area contributed by atoms with Crippen molar-refractivity contribution < 1.29 is 0 Å². The molecule has 0 saturated carbocycles. The van der Waals surface area contributed by atoms with Gasteiger partial charge < -0.3 is 10.6 Å². The van der Waals surface area contributed by atoms with Crippen molar-refractivity contribution in [3.8, 4) is 0 Å². The molecule has 0 spiro atoms. The molecule has 2 heteroatoms. The lowest BCUT2D eigenvalue weighted by Crippen LogP contribution is -2.22. The summed E-state index contributed by atoms with van der Waals surface area (Å²) in [6, 6.07) is 8.53. The van der Waals surface area contributed by atoms with E-state index in [-0.39, 0.29) is 0 Å². The summed E-state index contributed by atoms with van der Waals surface area (Å²) >= 11 is 0. The fourth-order valence-electron chi connectivity index (χ4n) is 2.29. The van der Waals surface area contributed by atoms with Crippen LogP contribution < -0.4 is 5.73 Å². The number of nitrogens with two attached hydrogens (primary N) is 1. The Balaban J connectivity index is 1.91. The average Bonchev–Trinajstić information content (AvgIpc) is 2.79. The quantitative estimate of drug-likeness (QED) is 0.810. The summed E-state index contributed by atoms with van der Waals surface area (Å²) in [5.41, 5.74) is 8.45. The number of benzene rings is 1. The topological polar surface area (TPSA) is 29.3 Å². The largest absolute Gasteiger partial charge is 0.326 e. The maximum absolute atomic E-state index is 5.72. The van der Waals surface area contributed by atoms with Crippen LogP contribution in [0.4, 0.5) is 0 Å². The van der Waals surface area contributed by atoms with Crippen LogP contribution in [-0.2, 0) is 13.0 Å². The molecule has 1 saturated heterocycles. The van der Waals surface area contributed by atoms with Crippen molar-refractivity contribution in [3.05, 3.63) is 35.4 Å². The Morgan fingerprint density at radius 3 is 2.40 bits per heavy atom. The van der Waals surface area contributed by atoms with Crippen LogP contribution in [0, 0.1) is 0 Å². The van der Waals surface area contributed by atoms with Gasteiger partial charge in [0.15, 0.2) is 0 Å². The summed E-state index contributed by atoms with van der Waals surface area (Å²) in [6.45, 7) is 4.42. The van der Waals surface area contributed by atoms with Crippen molar-refractivity contribution in [2.45, 2.75) is 25.8 Å². The molecular weight excluding hydrogens is 184 g/mol.